The highest BCUT2D eigenvalue weighted by Crippen LogP contribution is 2.30. The molecule has 1 amide bonds. The van der Waals surface area contributed by atoms with Crippen LogP contribution >= 0.6 is 0 Å². The van der Waals surface area contributed by atoms with E-state index in [1.54, 1.807) is 12.5 Å². The number of aryl methyl sites for hydroxylation is 2. The Labute approximate surface area is 111 Å². The topological polar surface area (TPSA) is 77.5 Å². The van der Waals surface area contributed by atoms with Crippen LogP contribution < -0.4 is 16.0 Å². The number of nitrogens with one attached hydrogen (secondary N) is 1. The van der Waals surface area contributed by atoms with Crippen molar-refractivity contribution < 1.29 is 13.9 Å². The number of hydrogen-bond acceptors (Lipinski definition) is 4. The second kappa shape index (κ2) is 5.58. The van der Waals surface area contributed by atoms with Gasteiger partial charge < -0.3 is 9.15 Å². The summed E-state index contributed by atoms with van der Waals surface area (Å²) in [4.78, 5) is 11.1. The van der Waals surface area contributed by atoms with Crippen molar-refractivity contribution in [2.45, 2.75) is 13.8 Å². The van der Waals surface area contributed by atoms with Gasteiger partial charge in [0.1, 0.15) is 5.75 Å². The Morgan fingerprint density at radius 2 is 2.00 bits per heavy atom. The monoisotopic (exact) mass is 260 g/mol. The van der Waals surface area contributed by atoms with Gasteiger partial charge in [0.2, 0.25) is 0 Å². The summed E-state index contributed by atoms with van der Waals surface area (Å²) in [5, 5.41) is 0. The third-order valence-electron chi connectivity index (χ3n) is 2.82. The standard InChI is InChI=1S/C14H16N2O3/c1-9-5-12(11-3-4-18-7-11)6-10(2)14(9)19-8-13(17)16-15/h3-7H,8,15H2,1-2H3,(H,16,17). The fourth-order valence-electron chi connectivity index (χ4n) is 1.95. The number of amides is 1. The summed E-state index contributed by atoms with van der Waals surface area (Å²) in [6.45, 7) is 3.78. The number of hydrogen-bond donors (Lipinski definition) is 2. The van der Waals surface area contributed by atoms with Gasteiger partial charge in [0.25, 0.3) is 5.91 Å². The zero-order chi connectivity index (χ0) is 13.8. The van der Waals surface area contributed by atoms with Gasteiger partial charge in [-0.1, -0.05) is 0 Å². The van der Waals surface area contributed by atoms with Crippen LogP contribution in [0.5, 0.6) is 5.75 Å². The molecule has 5 nitrogen and oxygen atoms in total. The van der Waals surface area contributed by atoms with Crippen molar-refractivity contribution in [3.05, 3.63) is 41.9 Å². The smallest absolute Gasteiger partial charge is 0.271 e. The molecule has 0 aliphatic heterocycles. The van der Waals surface area contributed by atoms with Crippen molar-refractivity contribution in [3.63, 3.8) is 0 Å². The largest absolute Gasteiger partial charge is 0.483 e. The molecular formula is C14H16N2O3. The molecule has 5 heteroatoms. The van der Waals surface area contributed by atoms with E-state index in [2.05, 4.69) is 0 Å². The molecule has 19 heavy (non-hydrogen) atoms. The third kappa shape index (κ3) is 2.95. The molecule has 0 bridgehead atoms. The average molecular weight is 260 g/mol. The average Bonchev–Trinajstić information content (AvgIpc) is 2.91. The van der Waals surface area contributed by atoms with Crippen LogP contribution in [0.3, 0.4) is 0 Å². The van der Waals surface area contributed by atoms with E-state index < -0.39 is 0 Å². The van der Waals surface area contributed by atoms with Crippen LogP contribution in [0.1, 0.15) is 11.1 Å². The highest BCUT2D eigenvalue weighted by molar-refractivity contribution is 5.77. The number of ether oxygens (including phenoxy) is 1. The lowest BCUT2D eigenvalue weighted by molar-refractivity contribution is -0.123. The van der Waals surface area contributed by atoms with Crippen molar-refractivity contribution in [3.8, 4) is 16.9 Å². The van der Waals surface area contributed by atoms with Crippen LogP contribution in [-0.2, 0) is 4.79 Å². The van der Waals surface area contributed by atoms with E-state index in [-0.39, 0.29) is 12.5 Å². The van der Waals surface area contributed by atoms with Crippen LogP contribution in [0.2, 0.25) is 0 Å². The molecule has 0 spiro atoms. The molecule has 2 rings (SSSR count). The normalized spacial score (nSPS) is 10.3. The predicted octanol–water partition coefficient (Wildman–Crippen LogP) is 1.93. The third-order valence-corrected chi connectivity index (χ3v) is 2.82. The molecular weight excluding hydrogens is 244 g/mol. The summed E-state index contributed by atoms with van der Waals surface area (Å²) in [6.07, 6.45) is 3.33. The Morgan fingerprint density at radius 3 is 2.53 bits per heavy atom. The van der Waals surface area contributed by atoms with Gasteiger partial charge in [-0.2, -0.15) is 0 Å². The molecule has 0 fully saturated rings. The van der Waals surface area contributed by atoms with E-state index in [1.165, 1.54) is 0 Å². The van der Waals surface area contributed by atoms with E-state index in [1.807, 2.05) is 37.5 Å². The highest BCUT2D eigenvalue weighted by atomic mass is 16.5. The number of carbonyl (C=O) groups excluding carboxylic acids is 1. The minimum atomic E-state index is -0.363. The fourth-order valence-corrected chi connectivity index (χ4v) is 1.95. The Hall–Kier alpha value is -2.27. The van der Waals surface area contributed by atoms with Gasteiger partial charge in [0.05, 0.1) is 12.5 Å². The summed E-state index contributed by atoms with van der Waals surface area (Å²) in [5.41, 5.74) is 6.02. The zero-order valence-corrected chi connectivity index (χ0v) is 10.9. The first-order valence-corrected chi connectivity index (χ1v) is 5.88. The molecule has 0 aliphatic rings. The van der Waals surface area contributed by atoms with E-state index in [9.17, 15) is 4.79 Å². The van der Waals surface area contributed by atoms with Gasteiger partial charge in [0.15, 0.2) is 6.61 Å². The number of carbonyl (C=O) groups is 1. The summed E-state index contributed by atoms with van der Waals surface area (Å²) in [5.74, 6) is 5.35. The first-order chi connectivity index (χ1) is 9.11. The summed E-state index contributed by atoms with van der Waals surface area (Å²) >= 11 is 0. The van der Waals surface area contributed by atoms with Crippen LogP contribution in [0.4, 0.5) is 0 Å². The molecule has 0 saturated carbocycles. The maximum absolute atomic E-state index is 11.1. The lowest BCUT2D eigenvalue weighted by Gasteiger charge is -2.13. The second-order valence-electron chi connectivity index (χ2n) is 4.31. The van der Waals surface area contributed by atoms with Crippen molar-refractivity contribution in [2.75, 3.05) is 6.61 Å². The molecule has 1 heterocycles. The molecule has 100 valence electrons. The van der Waals surface area contributed by atoms with Crippen molar-refractivity contribution in [2.24, 2.45) is 5.84 Å². The minimum absolute atomic E-state index is 0.0940. The van der Waals surface area contributed by atoms with Gasteiger partial charge >= 0.3 is 0 Å². The molecule has 0 aliphatic carbocycles. The number of rotatable bonds is 4. The van der Waals surface area contributed by atoms with E-state index in [4.69, 9.17) is 15.0 Å². The van der Waals surface area contributed by atoms with Gasteiger partial charge in [-0.15, -0.1) is 0 Å². The number of nitrogens with two attached hydrogens (primary N) is 1. The van der Waals surface area contributed by atoms with Gasteiger partial charge in [-0.3, -0.25) is 10.2 Å². The minimum Gasteiger partial charge on any atom is -0.483 e. The van der Waals surface area contributed by atoms with Crippen molar-refractivity contribution >= 4 is 5.91 Å². The predicted molar refractivity (Wildman–Crippen MR) is 71.4 cm³/mol. The van der Waals surface area contributed by atoms with Gasteiger partial charge in [0, 0.05) is 5.56 Å². The molecule has 1 aromatic carbocycles. The SMILES string of the molecule is Cc1cc(-c2ccoc2)cc(C)c1OCC(=O)NN. The quantitative estimate of drug-likeness (QED) is 0.500. The Morgan fingerprint density at radius 1 is 1.32 bits per heavy atom. The van der Waals surface area contributed by atoms with Crippen LogP contribution in [-0.4, -0.2) is 12.5 Å². The maximum Gasteiger partial charge on any atom is 0.271 e. The van der Waals surface area contributed by atoms with Gasteiger partial charge in [-0.25, -0.2) is 5.84 Å². The molecule has 2 aromatic rings. The lowest BCUT2D eigenvalue weighted by Crippen LogP contribution is -2.34. The molecule has 3 N–H and O–H groups in total. The number of hydrazine groups is 1. The van der Waals surface area contributed by atoms with Crippen LogP contribution in [0.15, 0.2) is 35.1 Å². The van der Waals surface area contributed by atoms with Crippen LogP contribution in [0.25, 0.3) is 11.1 Å². The molecule has 0 atom stereocenters. The van der Waals surface area contributed by atoms with E-state index in [0.29, 0.717) is 5.75 Å². The Balaban J connectivity index is 2.25. The lowest BCUT2D eigenvalue weighted by atomic mass is 10.0. The van der Waals surface area contributed by atoms with Crippen molar-refractivity contribution in [1.29, 1.82) is 0 Å². The summed E-state index contributed by atoms with van der Waals surface area (Å²) < 4.78 is 10.6. The summed E-state index contributed by atoms with van der Waals surface area (Å²) in [7, 11) is 0. The highest BCUT2D eigenvalue weighted by Gasteiger charge is 2.10. The Bertz CT molecular complexity index is 553. The summed E-state index contributed by atoms with van der Waals surface area (Å²) in [6, 6.07) is 5.89. The van der Waals surface area contributed by atoms with Gasteiger partial charge in [-0.05, 0) is 48.7 Å². The number of benzene rings is 1. The fraction of sp³-hybridized carbons (Fsp3) is 0.214. The van der Waals surface area contributed by atoms with E-state index >= 15 is 0 Å². The van der Waals surface area contributed by atoms with Crippen molar-refractivity contribution in [1.82, 2.24) is 5.43 Å². The zero-order valence-electron chi connectivity index (χ0n) is 10.9. The maximum atomic E-state index is 11.1. The molecule has 0 unspecified atom stereocenters. The second-order valence-corrected chi connectivity index (χ2v) is 4.31. The first-order valence-electron chi connectivity index (χ1n) is 5.88. The van der Waals surface area contributed by atoms with Crippen LogP contribution in [0, 0.1) is 13.8 Å². The molecule has 0 radical (unpaired) electrons. The molecule has 1 aromatic heterocycles. The molecule has 0 saturated heterocycles. The Kier molecular flexibility index (Phi) is 3.87. The van der Waals surface area contributed by atoms with E-state index in [0.717, 1.165) is 22.3 Å². The first kappa shape index (κ1) is 13.2. The number of furan rings is 1.